The molecule has 7 nitrogen and oxygen atoms in total. The predicted octanol–water partition coefficient (Wildman–Crippen LogP) is 2.55. The number of hydrogen-bond acceptors (Lipinski definition) is 6. The first-order valence-electron chi connectivity index (χ1n) is 5.91. The van der Waals surface area contributed by atoms with E-state index in [1.54, 1.807) is 18.7 Å². The fourth-order valence-corrected chi connectivity index (χ4v) is 2.64. The molecule has 0 radical (unpaired) electrons. The van der Waals surface area contributed by atoms with Gasteiger partial charge in [-0.2, -0.15) is 5.10 Å². The van der Waals surface area contributed by atoms with Crippen molar-refractivity contribution < 1.29 is 0 Å². The standard InChI is InChI=1S/C12H9N7S/c1-2-9-7(4-15-17-9)3-8(1)16-12-19-18-11(20-12)10-5-13-6-14-10/h1-6H,(H,13,14)(H,15,17)(H,16,19). The second-order valence-electron chi connectivity index (χ2n) is 4.17. The Morgan fingerprint density at radius 3 is 3.05 bits per heavy atom. The molecular weight excluding hydrogens is 274 g/mol. The zero-order chi connectivity index (χ0) is 13.4. The molecule has 0 saturated heterocycles. The summed E-state index contributed by atoms with van der Waals surface area (Å²) in [7, 11) is 0. The Hall–Kier alpha value is -2.74. The van der Waals surface area contributed by atoms with Crippen molar-refractivity contribution in [3.63, 3.8) is 0 Å². The van der Waals surface area contributed by atoms with E-state index in [1.165, 1.54) is 11.3 Å². The van der Waals surface area contributed by atoms with E-state index in [0.717, 1.165) is 32.4 Å². The zero-order valence-electron chi connectivity index (χ0n) is 10.2. The average molecular weight is 283 g/mol. The van der Waals surface area contributed by atoms with Crippen LogP contribution in [0.5, 0.6) is 0 Å². The normalized spacial score (nSPS) is 11.0. The molecule has 0 amide bonds. The third-order valence-corrected chi connectivity index (χ3v) is 3.72. The summed E-state index contributed by atoms with van der Waals surface area (Å²) in [6, 6.07) is 5.95. The molecule has 1 aromatic carbocycles. The van der Waals surface area contributed by atoms with Crippen molar-refractivity contribution in [1.29, 1.82) is 0 Å². The number of rotatable bonds is 3. The molecule has 0 saturated carbocycles. The van der Waals surface area contributed by atoms with E-state index in [9.17, 15) is 0 Å². The number of anilines is 2. The first kappa shape index (κ1) is 11.1. The minimum Gasteiger partial charge on any atom is -0.343 e. The third-order valence-electron chi connectivity index (χ3n) is 2.85. The van der Waals surface area contributed by atoms with Gasteiger partial charge in [-0.05, 0) is 18.2 Å². The molecule has 0 bridgehead atoms. The lowest BCUT2D eigenvalue weighted by Gasteiger charge is -2.00. The molecule has 0 aliphatic heterocycles. The minimum atomic E-state index is 0.734. The summed E-state index contributed by atoms with van der Waals surface area (Å²) in [6.07, 6.45) is 5.13. The third kappa shape index (κ3) is 1.91. The van der Waals surface area contributed by atoms with E-state index in [2.05, 4.69) is 35.7 Å². The molecule has 0 fully saturated rings. The molecule has 4 rings (SSSR count). The topological polar surface area (TPSA) is 95.2 Å². The van der Waals surface area contributed by atoms with Crippen molar-refractivity contribution in [3.05, 3.63) is 36.9 Å². The van der Waals surface area contributed by atoms with E-state index < -0.39 is 0 Å². The van der Waals surface area contributed by atoms with Crippen LogP contribution in [0.15, 0.2) is 36.9 Å². The highest BCUT2D eigenvalue weighted by atomic mass is 32.1. The van der Waals surface area contributed by atoms with Crippen molar-refractivity contribution >= 4 is 33.1 Å². The first-order chi connectivity index (χ1) is 9.88. The SMILES string of the molecule is c1ncc(-c2nnc(Nc3ccc4[nH]ncc4c3)s2)[nH]1. The number of benzene rings is 1. The number of H-pyrrole nitrogens is 2. The van der Waals surface area contributed by atoms with Gasteiger partial charge in [0, 0.05) is 11.1 Å². The number of aromatic nitrogens is 6. The van der Waals surface area contributed by atoms with Crippen molar-refractivity contribution in [2.45, 2.75) is 0 Å². The Bertz CT molecular complexity index is 846. The second-order valence-corrected chi connectivity index (χ2v) is 5.15. The first-order valence-corrected chi connectivity index (χ1v) is 6.72. The maximum Gasteiger partial charge on any atom is 0.210 e. The second kappa shape index (κ2) is 4.42. The molecule has 8 heteroatoms. The van der Waals surface area contributed by atoms with Crippen LogP contribution in [0.2, 0.25) is 0 Å². The Labute approximate surface area is 117 Å². The summed E-state index contributed by atoms with van der Waals surface area (Å²) in [5.41, 5.74) is 2.82. The number of aromatic amines is 2. The van der Waals surface area contributed by atoms with Gasteiger partial charge >= 0.3 is 0 Å². The number of imidazole rings is 1. The van der Waals surface area contributed by atoms with Crippen LogP contribution in [-0.4, -0.2) is 30.4 Å². The summed E-state index contributed by atoms with van der Waals surface area (Å²) in [5.74, 6) is 0. The number of nitrogens with one attached hydrogen (secondary N) is 3. The summed E-state index contributed by atoms with van der Waals surface area (Å²) in [5, 5.41) is 21.0. The molecule has 4 aromatic rings. The van der Waals surface area contributed by atoms with E-state index in [1.807, 2.05) is 18.2 Å². The van der Waals surface area contributed by atoms with Crippen LogP contribution in [0, 0.1) is 0 Å². The van der Waals surface area contributed by atoms with Crippen LogP contribution >= 0.6 is 11.3 Å². The Morgan fingerprint density at radius 1 is 1.15 bits per heavy atom. The Kier molecular flexibility index (Phi) is 2.46. The molecule has 0 unspecified atom stereocenters. The quantitative estimate of drug-likeness (QED) is 0.537. The molecule has 3 N–H and O–H groups in total. The van der Waals surface area contributed by atoms with Crippen LogP contribution in [0.4, 0.5) is 10.8 Å². The lowest BCUT2D eigenvalue weighted by molar-refractivity contribution is 1.09. The summed E-state index contributed by atoms with van der Waals surface area (Å²) < 4.78 is 0. The van der Waals surface area contributed by atoms with Crippen LogP contribution in [-0.2, 0) is 0 Å². The number of nitrogens with zero attached hydrogens (tertiary/aromatic N) is 4. The average Bonchev–Trinajstić information content (AvgIpc) is 3.19. The highest BCUT2D eigenvalue weighted by Crippen LogP contribution is 2.27. The summed E-state index contributed by atoms with van der Waals surface area (Å²) in [4.78, 5) is 6.98. The minimum absolute atomic E-state index is 0.734. The Morgan fingerprint density at radius 2 is 2.15 bits per heavy atom. The fraction of sp³-hybridized carbons (Fsp3) is 0. The molecule has 0 aliphatic carbocycles. The van der Waals surface area contributed by atoms with Gasteiger partial charge in [-0.3, -0.25) is 5.10 Å². The molecule has 20 heavy (non-hydrogen) atoms. The molecule has 3 aromatic heterocycles. The molecule has 3 heterocycles. The largest absolute Gasteiger partial charge is 0.343 e. The van der Waals surface area contributed by atoms with Crippen LogP contribution in [0.3, 0.4) is 0 Å². The highest BCUT2D eigenvalue weighted by molar-refractivity contribution is 7.18. The highest BCUT2D eigenvalue weighted by Gasteiger charge is 2.08. The summed E-state index contributed by atoms with van der Waals surface area (Å²) in [6.45, 7) is 0. The maximum absolute atomic E-state index is 4.12. The van der Waals surface area contributed by atoms with Crippen molar-refractivity contribution in [3.8, 4) is 10.7 Å². The van der Waals surface area contributed by atoms with E-state index >= 15 is 0 Å². The smallest absolute Gasteiger partial charge is 0.210 e. The molecular formula is C12H9N7S. The van der Waals surface area contributed by atoms with Gasteiger partial charge in [0.15, 0.2) is 5.01 Å². The van der Waals surface area contributed by atoms with Gasteiger partial charge in [0.05, 0.1) is 29.9 Å². The molecule has 0 aliphatic rings. The van der Waals surface area contributed by atoms with Gasteiger partial charge in [0.1, 0.15) is 0 Å². The maximum atomic E-state index is 4.12. The van der Waals surface area contributed by atoms with E-state index in [4.69, 9.17) is 0 Å². The van der Waals surface area contributed by atoms with Crippen LogP contribution in [0.1, 0.15) is 0 Å². The lowest BCUT2D eigenvalue weighted by Crippen LogP contribution is -1.88. The van der Waals surface area contributed by atoms with Gasteiger partial charge in [0.25, 0.3) is 0 Å². The van der Waals surface area contributed by atoms with Gasteiger partial charge in [-0.15, -0.1) is 10.2 Å². The number of hydrogen-bond donors (Lipinski definition) is 3. The van der Waals surface area contributed by atoms with Gasteiger partial charge in [-0.25, -0.2) is 4.98 Å². The monoisotopic (exact) mass is 283 g/mol. The van der Waals surface area contributed by atoms with E-state index in [-0.39, 0.29) is 0 Å². The van der Waals surface area contributed by atoms with Gasteiger partial charge < -0.3 is 10.3 Å². The zero-order valence-corrected chi connectivity index (χ0v) is 11.0. The Balaban J connectivity index is 1.62. The van der Waals surface area contributed by atoms with Crippen LogP contribution < -0.4 is 5.32 Å². The van der Waals surface area contributed by atoms with Gasteiger partial charge in [-0.1, -0.05) is 11.3 Å². The predicted molar refractivity (Wildman–Crippen MR) is 76.9 cm³/mol. The number of fused-ring (bicyclic) bond motifs is 1. The lowest BCUT2D eigenvalue weighted by atomic mass is 10.2. The fourth-order valence-electron chi connectivity index (χ4n) is 1.90. The molecule has 0 spiro atoms. The summed E-state index contributed by atoms with van der Waals surface area (Å²) >= 11 is 1.46. The van der Waals surface area contributed by atoms with E-state index in [0.29, 0.717) is 0 Å². The van der Waals surface area contributed by atoms with Crippen molar-refractivity contribution in [2.24, 2.45) is 0 Å². The molecule has 0 atom stereocenters. The van der Waals surface area contributed by atoms with Gasteiger partial charge in [0.2, 0.25) is 5.13 Å². The van der Waals surface area contributed by atoms with Crippen molar-refractivity contribution in [1.82, 2.24) is 30.4 Å². The molecule has 98 valence electrons. The van der Waals surface area contributed by atoms with Crippen molar-refractivity contribution in [2.75, 3.05) is 5.32 Å². The van der Waals surface area contributed by atoms with Crippen LogP contribution in [0.25, 0.3) is 21.6 Å².